The van der Waals surface area contributed by atoms with E-state index in [0.29, 0.717) is 12.5 Å². The molecule has 0 spiro atoms. The van der Waals surface area contributed by atoms with Gasteiger partial charge in [0.15, 0.2) is 0 Å². The van der Waals surface area contributed by atoms with Crippen LogP contribution in [-0.2, 0) is 13.1 Å². The number of hydrogen-bond donors (Lipinski definition) is 1. The summed E-state index contributed by atoms with van der Waals surface area (Å²) in [5, 5.41) is 7.58. The van der Waals surface area contributed by atoms with Crippen LogP contribution in [0.25, 0.3) is 0 Å². The molecule has 1 N–H and O–H groups in total. The predicted octanol–water partition coefficient (Wildman–Crippen LogP) is 2.55. The fourth-order valence-corrected chi connectivity index (χ4v) is 1.89. The first-order valence-electron chi connectivity index (χ1n) is 6.44. The summed E-state index contributed by atoms with van der Waals surface area (Å²) in [6.45, 7) is 5.84. The van der Waals surface area contributed by atoms with Crippen LogP contribution in [0.4, 0.5) is 5.69 Å². The van der Waals surface area contributed by atoms with Gasteiger partial charge in [0.05, 0.1) is 19.3 Å². The Balaban J connectivity index is 2.04. The Morgan fingerprint density at radius 2 is 2.11 bits per heavy atom. The summed E-state index contributed by atoms with van der Waals surface area (Å²) in [5.74, 6) is 2.31. The fourth-order valence-electron chi connectivity index (χ4n) is 1.89. The molecular weight excluding hydrogens is 240 g/mol. The molecule has 0 amide bonds. The number of hydrogen-bond acceptors (Lipinski definition) is 4. The number of ether oxygens (including phenoxy) is 1. The maximum Gasteiger partial charge on any atom is 0.146 e. The molecule has 0 fully saturated rings. The van der Waals surface area contributed by atoms with Gasteiger partial charge in [0, 0.05) is 6.54 Å². The minimum atomic E-state index is 0.548. The molecule has 1 heterocycles. The Labute approximate surface area is 113 Å². The quantitative estimate of drug-likeness (QED) is 0.867. The van der Waals surface area contributed by atoms with Crippen LogP contribution in [0.2, 0.25) is 0 Å². The summed E-state index contributed by atoms with van der Waals surface area (Å²) in [7, 11) is 1.67. The van der Waals surface area contributed by atoms with Gasteiger partial charge in [0.25, 0.3) is 0 Å². The Morgan fingerprint density at radius 3 is 2.84 bits per heavy atom. The number of methoxy groups -OCH3 is 1. The molecule has 19 heavy (non-hydrogen) atoms. The van der Waals surface area contributed by atoms with Crippen LogP contribution in [0, 0.1) is 5.92 Å². The number of anilines is 1. The number of aromatic nitrogens is 3. The minimum absolute atomic E-state index is 0.548. The molecule has 5 heteroatoms. The Kier molecular flexibility index (Phi) is 4.39. The van der Waals surface area contributed by atoms with E-state index in [1.165, 1.54) is 0 Å². The van der Waals surface area contributed by atoms with E-state index >= 15 is 0 Å². The number of para-hydroxylation sites is 2. The molecular formula is C14H20N4O. The molecule has 0 radical (unpaired) electrons. The third-order valence-corrected chi connectivity index (χ3v) is 2.78. The van der Waals surface area contributed by atoms with Gasteiger partial charge in [-0.25, -0.2) is 9.67 Å². The summed E-state index contributed by atoms with van der Waals surface area (Å²) in [6.07, 6.45) is 1.60. The van der Waals surface area contributed by atoms with Gasteiger partial charge in [-0.1, -0.05) is 26.0 Å². The normalized spacial score (nSPS) is 10.7. The molecule has 0 saturated heterocycles. The van der Waals surface area contributed by atoms with Gasteiger partial charge in [-0.05, 0) is 18.1 Å². The van der Waals surface area contributed by atoms with Crippen molar-refractivity contribution in [2.24, 2.45) is 5.92 Å². The second kappa shape index (κ2) is 6.22. The second-order valence-corrected chi connectivity index (χ2v) is 4.81. The van der Waals surface area contributed by atoms with Crippen LogP contribution in [0.15, 0.2) is 30.6 Å². The van der Waals surface area contributed by atoms with Crippen LogP contribution in [0.1, 0.15) is 19.7 Å². The van der Waals surface area contributed by atoms with Crippen molar-refractivity contribution in [1.82, 2.24) is 14.8 Å². The average molecular weight is 260 g/mol. The van der Waals surface area contributed by atoms with Crippen molar-refractivity contribution in [3.63, 3.8) is 0 Å². The molecule has 0 unspecified atom stereocenters. The standard InChI is InChI=1S/C14H20N4O/c1-11(2)9-18-14(16-10-17-18)8-15-12-6-4-5-7-13(12)19-3/h4-7,10-11,15H,8-9H2,1-3H3. The van der Waals surface area contributed by atoms with Gasteiger partial charge in [-0.15, -0.1) is 0 Å². The van der Waals surface area contributed by atoms with Gasteiger partial charge in [-0.3, -0.25) is 0 Å². The van der Waals surface area contributed by atoms with E-state index in [2.05, 4.69) is 29.2 Å². The van der Waals surface area contributed by atoms with Gasteiger partial charge >= 0.3 is 0 Å². The molecule has 2 aromatic rings. The molecule has 5 nitrogen and oxygen atoms in total. The van der Waals surface area contributed by atoms with Crippen LogP contribution in [0.3, 0.4) is 0 Å². The van der Waals surface area contributed by atoms with Crippen LogP contribution < -0.4 is 10.1 Å². The lowest BCUT2D eigenvalue weighted by molar-refractivity contribution is 0.416. The first-order valence-corrected chi connectivity index (χ1v) is 6.44. The van der Waals surface area contributed by atoms with Gasteiger partial charge in [-0.2, -0.15) is 5.10 Å². The van der Waals surface area contributed by atoms with Crippen molar-refractivity contribution in [1.29, 1.82) is 0 Å². The molecule has 2 rings (SSSR count). The number of benzene rings is 1. The SMILES string of the molecule is COc1ccccc1NCc1ncnn1CC(C)C. The summed E-state index contributed by atoms with van der Waals surface area (Å²) in [5.41, 5.74) is 0.962. The molecule has 0 bridgehead atoms. The molecule has 0 atom stereocenters. The summed E-state index contributed by atoms with van der Waals surface area (Å²) in [4.78, 5) is 4.29. The highest BCUT2D eigenvalue weighted by atomic mass is 16.5. The molecule has 102 valence electrons. The van der Waals surface area contributed by atoms with Crippen LogP contribution in [-0.4, -0.2) is 21.9 Å². The summed E-state index contributed by atoms with van der Waals surface area (Å²) < 4.78 is 7.24. The maximum atomic E-state index is 5.30. The lowest BCUT2D eigenvalue weighted by Gasteiger charge is -2.12. The number of rotatable bonds is 6. The molecule has 0 aliphatic carbocycles. The Bertz CT molecular complexity index is 522. The zero-order valence-electron chi connectivity index (χ0n) is 11.6. The zero-order valence-corrected chi connectivity index (χ0v) is 11.6. The van der Waals surface area contributed by atoms with Crippen molar-refractivity contribution in [3.8, 4) is 5.75 Å². The Hall–Kier alpha value is -2.04. The lowest BCUT2D eigenvalue weighted by atomic mass is 10.2. The monoisotopic (exact) mass is 260 g/mol. The first kappa shape index (κ1) is 13.4. The highest BCUT2D eigenvalue weighted by molar-refractivity contribution is 5.55. The lowest BCUT2D eigenvalue weighted by Crippen LogP contribution is -2.13. The molecule has 0 aliphatic rings. The third kappa shape index (κ3) is 3.47. The van der Waals surface area contributed by atoms with Crippen molar-refractivity contribution < 1.29 is 4.74 Å². The van der Waals surface area contributed by atoms with Crippen LogP contribution in [0.5, 0.6) is 5.75 Å². The molecule has 0 saturated carbocycles. The van der Waals surface area contributed by atoms with Crippen molar-refractivity contribution in [3.05, 3.63) is 36.4 Å². The van der Waals surface area contributed by atoms with E-state index in [1.807, 2.05) is 28.9 Å². The van der Waals surface area contributed by atoms with E-state index < -0.39 is 0 Å². The number of nitrogens with one attached hydrogen (secondary N) is 1. The first-order chi connectivity index (χ1) is 9.20. The van der Waals surface area contributed by atoms with E-state index in [4.69, 9.17) is 4.74 Å². The molecule has 1 aromatic heterocycles. The van der Waals surface area contributed by atoms with E-state index in [0.717, 1.165) is 23.8 Å². The fraction of sp³-hybridized carbons (Fsp3) is 0.429. The van der Waals surface area contributed by atoms with E-state index in [1.54, 1.807) is 13.4 Å². The topological polar surface area (TPSA) is 52.0 Å². The van der Waals surface area contributed by atoms with E-state index in [-0.39, 0.29) is 0 Å². The number of nitrogens with zero attached hydrogens (tertiary/aromatic N) is 3. The summed E-state index contributed by atoms with van der Waals surface area (Å²) in [6, 6.07) is 7.85. The van der Waals surface area contributed by atoms with Gasteiger partial charge < -0.3 is 10.1 Å². The molecule has 1 aromatic carbocycles. The van der Waals surface area contributed by atoms with Crippen molar-refractivity contribution in [2.45, 2.75) is 26.9 Å². The third-order valence-electron chi connectivity index (χ3n) is 2.78. The van der Waals surface area contributed by atoms with Gasteiger partial charge in [0.2, 0.25) is 0 Å². The van der Waals surface area contributed by atoms with E-state index in [9.17, 15) is 0 Å². The zero-order chi connectivity index (χ0) is 13.7. The van der Waals surface area contributed by atoms with Gasteiger partial charge in [0.1, 0.15) is 17.9 Å². The largest absolute Gasteiger partial charge is 0.495 e. The Morgan fingerprint density at radius 1 is 1.32 bits per heavy atom. The average Bonchev–Trinajstić information content (AvgIpc) is 2.83. The van der Waals surface area contributed by atoms with Crippen molar-refractivity contribution >= 4 is 5.69 Å². The highest BCUT2D eigenvalue weighted by Gasteiger charge is 2.07. The minimum Gasteiger partial charge on any atom is -0.495 e. The highest BCUT2D eigenvalue weighted by Crippen LogP contribution is 2.23. The molecule has 0 aliphatic heterocycles. The maximum absolute atomic E-state index is 5.30. The van der Waals surface area contributed by atoms with Crippen molar-refractivity contribution in [2.75, 3.05) is 12.4 Å². The predicted molar refractivity (Wildman–Crippen MR) is 75.2 cm³/mol. The smallest absolute Gasteiger partial charge is 0.146 e. The second-order valence-electron chi connectivity index (χ2n) is 4.81. The van der Waals surface area contributed by atoms with Crippen LogP contribution >= 0.6 is 0 Å². The summed E-state index contributed by atoms with van der Waals surface area (Å²) >= 11 is 0.